The van der Waals surface area contributed by atoms with E-state index in [2.05, 4.69) is 28.8 Å². The monoisotopic (exact) mass is 526 g/mol. The molecule has 2 amide bonds. The predicted molar refractivity (Wildman–Crippen MR) is 150 cm³/mol. The molecule has 38 heavy (non-hydrogen) atoms. The fraction of sp³-hybridized carbons (Fsp3) is 0.355. The number of hydrogen-bond acceptors (Lipinski definition) is 3. The molecule has 0 saturated heterocycles. The van der Waals surface area contributed by atoms with Gasteiger partial charge < -0.3 is 14.8 Å². The molecule has 1 N–H and O–H groups in total. The number of halogens is 2. The molecular weight excluding hydrogens is 486 g/mol. The van der Waals surface area contributed by atoms with Crippen molar-refractivity contribution in [2.24, 2.45) is 0 Å². The summed E-state index contributed by atoms with van der Waals surface area (Å²) in [7, 11) is 0. The zero-order valence-electron chi connectivity index (χ0n) is 23.3. The maximum absolute atomic E-state index is 13.1. The van der Waals surface area contributed by atoms with Crippen LogP contribution in [-0.2, 0) is 11.2 Å². The van der Waals surface area contributed by atoms with Gasteiger partial charge in [0.15, 0.2) is 0 Å². The van der Waals surface area contributed by atoms with E-state index >= 15 is 0 Å². The van der Waals surface area contributed by atoms with Crippen LogP contribution in [0.3, 0.4) is 0 Å². The van der Waals surface area contributed by atoms with Crippen LogP contribution in [0.25, 0.3) is 0 Å². The highest BCUT2D eigenvalue weighted by atomic mass is 19.3. The Morgan fingerprint density at radius 2 is 1.66 bits per heavy atom. The van der Waals surface area contributed by atoms with Gasteiger partial charge in [-0.15, -0.1) is 0 Å². The summed E-state index contributed by atoms with van der Waals surface area (Å²) >= 11 is 0. The SMILES string of the molecule is C=C(/C=C\C(C)=C(/C)N(CC)C(=O)NC(CC)c1ccc(OC(C)(F)F)cc1)Cc1ccccc1.CC=O. The minimum atomic E-state index is -3.24. The summed E-state index contributed by atoms with van der Waals surface area (Å²) in [6.45, 7) is 14.6. The van der Waals surface area contributed by atoms with Crippen LogP contribution in [0.5, 0.6) is 5.75 Å². The average Bonchev–Trinajstić information content (AvgIpc) is 2.87. The van der Waals surface area contributed by atoms with Crippen molar-refractivity contribution in [3.8, 4) is 5.75 Å². The third-order valence-corrected chi connectivity index (χ3v) is 5.67. The molecule has 1 unspecified atom stereocenters. The van der Waals surface area contributed by atoms with E-state index in [1.54, 1.807) is 17.0 Å². The number of benzene rings is 2. The molecular formula is C31H40F2N2O3. The van der Waals surface area contributed by atoms with E-state index in [1.165, 1.54) is 24.6 Å². The second-order valence-electron chi connectivity index (χ2n) is 8.79. The number of allylic oxidation sites excluding steroid dienone is 5. The van der Waals surface area contributed by atoms with Crippen molar-refractivity contribution >= 4 is 12.3 Å². The van der Waals surface area contributed by atoms with Gasteiger partial charge in [-0.25, -0.2) is 4.79 Å². The number of carbonyl (C=O) groups is 2. The molecule has 0 aliphatic rings. The number of alkyl halides is 2. The Labute approximate surface area is 225 Å². The number of nitrogens with zero attached hydrogens (tertiary/aromatic N) is 1. The Balaban J connectivity index is 0.00000229. The Kier molecular flexibility index (Phi) is 13.7. The van der Waals surface area contributed by atoms with Gasteiger partial charge in [-0.1, -0.05) is 73.7 Å². The Hall–Kier alpha value is -3.74. The molecule has 2 rings (SSSR count). The smallest absolute Gasteiger partial charge is 0.394 e. The van der Waals surface area contributed by atoms with Gasteiger partial charge in [0.2, 0.25) is 0 Å². The van der Waals surface area contributed by atoms with Gasteiger partial charge in [-0.2, -0.15) is 8.78 Å². The van der Waals surface area contributed by atoms with Crippen molar-refractivity contribution in [2.45, 2.75) is 66.5 Å². The molecule has 0 aliphatic carbocycles. The molecule has 0 bridgehead atoms. The normalized spacial score (nSPS) is 12.5. The van der Waals surface area contributed by atoms with Crippen molar-refractivity contribution < 1.29 is 23.1 Å². The average molecular weight is 527 g/mol. The van der Waals surface area contributed by atoms with E-state index in [9.17, 15) is 13.6 Å². The van der Waals surface area contributed by atoms with Gasteiger partial charge in [-0.3, -0.25) is 4.90 Å². The van der Waals surface area contributed by atoms with Gasteiger partial charge in [-0.05, 0) is 69.4 Å². The lowest BCUT2D eigenvalue weighted by atomic mass is 10.0. The van der Waals surface area contributed by atoms with Crippen LogP contribution in [-0.4, -0.2) is 29.9 Å². The van der Waals surface area contributed by atoms with Crippen molar-refractivity contribution in [1.82, 2.24) is 10.2 Å². The molecule has 0 radical (unpaired) electrons. The second-order valence-corrected chi connectivity index (χ2v) is 8.79. The van der Waals surface area contributed by atoms with Crippen LogP contribution in [0.2, 0.25) is 0 Å². The second kappa shape index (κ2) is 16.2. The number of carbonyl (C=O) groups excluding carboxylic acids is 2. The minimum Gasteiger partial charge on any atom is -0.433 e. The molecule has 0 aliphatic heterocycles. The van der Waals surface area contributed by atoms with E-state index in [4.69, 9.17) is 4.79 Å². The van der Waals surface area contributed by atoms with E-state index in [-0.39, 0.29) is 17.8 Å². The highest BCUT2D eigenvalue weighted by Gasteiger charge is 2.23. The van der Waals surface area contributed by atoms with Gasteiger partial charge in [0, 0.05) is 19.2 Å². The first-order valence-electron chi connectivity index (χ1n) is 12.7. The molecule has 5 nitrogen and oxygen atoms in total. The maximum Gasteiger partial charge on any atom is 0.394 e. The number of ether oxygens (including phenoxy) is 1. The summed E-state index contributed by atoms with van der Waals surface area (Å²) in [6, 6.07) is 16.0. The molecule has 0 saturated carbocycles. The van der Waals surface area contributed by atoms with Crippen molar-refractivity contribution in [1.29, 1.82) is 0 Å². The summed E-state index contributed by atoms with van der Waals surface area (Å²) in [4.78, 5) is 23.6. The zero-order valence-corrected chi connectivity index (χ0v) is 23.3. The van der Waals surface area contributed by atoms with Gasteiger partial charge in [0.05, 0.1) is 6.04 Å². The first-order valence-corrected chi connectivity index (χ1v) is 12.7. The molecule has 2 aromatic carbocycles. The summed E-state index contributed by atoms with van der Waals surface area (Å²) in [6.07, 6.45) is 2.88. The van der Waals surface area contributed by atoms with Crippen molar-refractivity contribution in [2.75, 3.05) is 6.54 Å². The highest BCUT2D eigenvalue weighted by molar-refractivity contribution is 5.77. The van der Waals surface area contributed by atoms with Gasteiger partial charge in [0.1, 0.15) is 12.0 Å². The Morgan fingerprint density at radius 1 is 1.08 bits per heavy atom. The first kappa shape index (κ1) is 32.3. The molecule has 0 heterocycles. The lowest BCUT2D eigenvalue weighted by molar-refractivity contribution is -0.158. The maximum atomic E-state index is 13.1. The molecule has 7 heteroatoms. The van der Waals surface area contributed by atoms with E-state index in [0.29, 0.717) is 19.9 Å². The van der Waals surface area contributed by atoms with Crippen LogP contribution in [0.4, 0.5) is 13.6 Å². The number of urea groups is 1. The summed E-state index contributed by atoms with van der Waals surface area (Å²) in [5, 5.41) is 3.06. The van der Waals surface area contributed by atoms with Crippen LogP contribution >= 0.6 is 0 Å². The van der Waals surface area contributed by atoms with Crippen LogP contribution in [0.15, 0.2) is 90.2 Å². The zero-order chi connectivity index (χ0) is 28.7. The predicted octanol–water partition coefficient (Wildman–Crippen LogP) is 8.01. The van der Waals surface area contributed by atoms with Crippen molar-refractivity contribution in [3.63, 3.8) is 0 Å². The Morgan fingerprint density at radius 3 is 2.16 bits per heavy atom. The molecule has 0 aromatic heterocycles. The Bertz CT molecular complexity index is 1090. The summed E-state index contributed by atoms with van der Waals surface area (Å²) in [5.74, 6) is 0.0765. The number of nitrogens with one attached hydrogen (secondary N) is 1. The number of amides is 2. The highest BCUT2D eigenvalue weighted by Crippen LogP contribution is 2.25. The van der Waals surface area contributed by atoms with E-state index in [1.807, 2.05) is 58.0 Å². The lowest BCUT2D eigenvalue weighted by Gasteiger charge is -2.27. The molecule has 0 spiro atoms. The van der Waals surface area contributed by atoms with Gasteiger partial charge in [0.25, 0.3) is 0 Å². The molecule has 206 valence electrons. The minimum absolute atomic E-state index is 0.0765. The molecule has 1 atom stereocenters. The first-order chi connectivity index (χ1) is 17.9. The van der Waals surface area contributed by atoms with Crippen LogP contribution in [0, 0.1) is 0 Å². The van der Waals surface area contributed by atoms with E-state index in [0.717, 1.165) is 35.1 Å². The fourth-order valence-electron chi connectivity index (χ4n) is 3.65. The molecule has 2 aromatic rings. The topological polar surface area (TPSA) is 58.6 Å². The number of rotatable bonds is 11. The van der Waals surface area contributed by atoms with Crippen molar-refractivity contribution in [3.05, 3.63) is 101 Å². The molecule has 0 fully saturated rings. The lowest BCUT2D eigenvalue weighted by Crippen LogP contribution is -2.40. The largest absolute Gasteiger partial charge is 0.433 e. The number of hydrogen-bond donors (Lipinski definition) is 1. The summed E-state index contributed by atoms with van der Waals surface area (Å²) < 4.78 is 30.7. The van der Waals surface area contributed by atoms with Crippen LogP contribution in [0.1, 0.15) is 65.1 Å². The third-order valence-electron chi connectivity index (χ3n) is 5.67. The third kappa shape index (κ3) is 11.5. The van der Waals surface area contributed by atoms with E-state index < -0.39 is 6.11 Å². The number of aldehydes is 1. The fourth-order valence-corrected chi connectivity index (χ4v) is 3.65. The summed E-state index contributed by atoms with van der Waals surface area (Å²) in [5.41, 5.74) is 4.81. The standard InChI is InChI=1S/C29H36F2N2O2.C2H4O/c1-7-27(25-16-18-26(19-17-25)35-29(6,30)31)32-28(34)33(8-2)23(5)22(4)15-14-21(3)20-24-12-10-9-11-13-24;1-2-3/h9-19,27H,3,7-8,20H2,1-2,4-6H3,(H,32,34);2H,1H3/b15-14-,23-22+;. The van der Waals surface area contributed by atoms with Gasteiger partial charge >= 0.3 is 12.1 Å². The van der Waals surface area contributed by atoms with Crippen LogP contribution < -0.4 is 10.1 Å². The quantitative estimate of drug-likeness (QED) is 0.238.